The van der Waals surface area contributed by atoms with Gasteiger partial charge < -0.3 is 10.0 Å². The fourth-order valence-corrected chi connectivity index (χ4v) is 5.19. The first-order valence-electron chi connectivity index (χ1n) is 9.51. The zero-order valence-corrected chi connectivity index (χ0v) is 15.6. The molecule has 0 radical (unpaired) electrons. The van der Waals surface area contributed by atoms with Crippen LogP contribution in [0.2, 0.25) is 0 Å². The molecular formula is C20H25F3N2O2. The molecule has 7 heteroatoms. The summed E-state index contributed by atoms with van der Waals surface area (Å²) in [5.74, 6) is 0.430. The summed E-state index contributed by atoms with van der Waals surface area (Å²) in [7, 11) is 0. The van der Waals surface area contributed by atoms with Crippen molar-refractivity contribution in [3.8, 4) is 0 Å². The number of hydrogen-bond acceptors (Lipinski definition) is 3. The Morgan fingerprint density at radius 2 is 1.89 bits per heavy atom. The van der Waals surface area contributed by atoms with E-state index in [2.05, 4.69) is 4.98 Å². The van der Waals surface area contributed by atoms with E-state index in [1.165, 1.54) is 13.0 Å². The molecule has 27 heavy (non-hydrogen) atoms. The van der Waals surface area contributed by atoms with Crippen molar-refractivity contribution in [2.24, 2.45) is 17.3 Å². The molecule has 1 amide bonds. The van der Waals surface area contributed by atoms with Crippen molar-refractivity contribution in [2.75, 3.05) is 13.1 Å². The molecule has 1 N–H and O–H groups in total. The average Bonchev–Trinajstić information content (AvgIpc) is 2.45. The zero-order valence-electron chi connectivity index (χ0n) is 15.6. The number of aryl methyl sites for hydroxylation is 1. The van der Waals surface area contributed by atoms with Gasteiger partial charge in [0.15, 0.2) is 0 Å². The highest BCUT2D eigenvalue weighted by atomic mass is 19.4. The number of likely N-dealkylation sites (tertiary alicyclic amines) is 1. The maximum absolute atomic E-state index is 13.0. The average molecular weight is 382 g/mol. The molecule has 4 rings (SSSR count). The molecule has 148 valence electrons. The number of halogens is 3. The lowest BCUT2D eigenvalue weighted by Gasteiger charge is -2.60. The summed E-state index contributed by atoms with van der Waals surface area (Å²) in [6.45, 7) is 4.68. The fraction of sp³-hybridized carbons (Fsp3) is 0.700. The number of amides is 1. The van der Waals surface area contributed by atoms with Crippen molar-refractivity contribution < 1.29 is 23.1 Å². The van der Waals surface area contributed by atoms with Crippen LogP contribution in [0.1, 0.15) is 49.6 Å². The smallest absolute Gasteiger partial charge is 0.390 e. The maximum atomic E-state index is 13.0. The van der Waals surface area contributed by atoms with Gasteiger partial charge >= 0.3 is 6.18 Å². The van der Waals surface area contributed by atoms with E-state index in [0.717, 1.165) is 25.9 Å². The molecule has 2 heterocycles. The Kier molecular flexibility index (Phi) is 4.11. The van der Waals surface area contributed by atoms with Crippen LogP contribution in [-0.4, -0.2) is 39.6 Å². The Morgan fingerprint density at radius 3 is 2.44 bits per heavy atom. The van der Waals surface area contributed by atoms with Gasteiger partial charge in [0.2, 0.25) is 5.91 Å². The number of nitrogens with zero attached hydrogens (tertiary/aromatic N) is 2. The van der Waals surface area contributed by atoms with E-state index < -0.39 is 17.5 Å². The Morgan fingerprint density at radius 1 is 1.26 bits per heavy atom. The summed E-state index contributed by atoms with van der Waals surface area (Å²) in [6.07, 6.45) is -0.893. The maximum Gasteiger partial charge on any atom is 0.433 e. The second-order valence-corrected chi connectivity index (χ2v) is 9.24. The third-order valence-electron chi connectivity index (χ3n) is 6.45. The SMILES string of the molecule is Cc1ccc(CC2CC3(C2)CN(C(=O)[C@H]2C[C@@](C)(O)C2)C3)nc1C(F)(F)F. The highest BCUT2D eigenvalue weighted by molar-refractivity contribution is 5.81. The number of carbonyl (C=O) groups is 1. The van der Waals surface area contributed by atoms with Crippen LogP contribution >= 0.6 is 0 Å². The Bertz CT molecular complexity index is 753. The molecule has 1 aromatic rings. The van der Waals surface area contributed by atoms with Gasteiger partial charge in [0.25, 0.3) is 0 Å². The van der Waals surface area contributed by atoms with Crippen molar-refractivity contribution in [3.05, 3.63) is 29.1 Å². The molecule has 1 aliphatic heterocycles. The normalized spacial score (nSPS) is 29.9. The minimum Gasteiger partial charge on any atom is -0.390 e. The Labute approximate surface area is 156 Å². The summed E-state index contributed by atoms with van der Waals surface area (Å²) < 4.78 is 39.0. The molecule has 2 saturated carbocycles. The van der Waals surface area contributed by atoms with Gasteiger partial charge in [-0.25, -0.2) is 4.98 Å². The summed E-state index contributed by atoms with van der Waals surface area (Å²) in [6, 6.07) is 3.19. The van der Waals surface area contributed by atoms with E-state index in [4.69, 9.17) is 0 Å². The van der Waals surface area contributed by atoms with Crippen LogP contribution < -0.4 is 0 Å². The molecule has 3 fully saturated rings. The Balaban J connectivity index is 1.27. The van der Waals surface area contributed by atoms with Gasteiger partial charge in [-0.1, -0.05) is 6.07 Å². The minimum absolute atomic E-state index is 0.0502. The highest BCUT2D eigenvalue weighted by Gasteiger charge is 2.55. The van der Waals surface area contributed by atoms with Gasteiger partial charge in [-0.2, -0.15) is 13.2 Å². The quantitative estimate of drug-likeness (QED) is 0.872. The van der Waals surface area contributed by atoms with Crippen molar-refractivity contribution >= 4 is 5.91 Å². The number of aromatic nitrogens is 1. The van der Waals surface area contributed by atoms with E-state index in [1.54, 1.807) is 13.0 Å². The van der Waals surface area contributed by atoms with Crippen LogP contribution in [0.4, 0.5) is 13.2 Å². The van der Waals surface area contributed by atoms with Crippen LogP contribution in [0.3, 0.4) is 0 Å². The zero-order chi connectivity index (χ0) is 19.6. The highest BCUT2D eigenvalue weighted by Crippen LogP contribution is 2.54. The molecule has 2 aliphatic carbocycles. The number of pyridine rings is 1. The van der Waals surface area contributed by atoms with E-state index in [1.807, 2.05) is 4.90 Å². The van der Waals surface area contributed by atoms with Gasteiger partial charge in [-0.3, -0.25) is 4.79 Å². The predicted octanol–water partition coefficient (Wildman–Crippen LogP) is 3.35. The van der Waals surface area contributed by atoms with E-state index >= 15 is 0 Å². The van der Waals surface area contributed by atoms with Crippen LogP contribution in [0.5, 0.6) is 0 Å². The van der Waals surface area contributed by atoms with Gasteiger partial charge in [0.1, 0.15) is 5.69 Å². The molecular weight excluding hydrogens is 357 g/mol. The van der Waals surface area contributed by atoms with Gasteiger partial charge in [-0.15, -0.1) is 0 Å². The monoisotopic (exact) mass is 382 g/mol. The Hall–Kier alpha value is -1.63. The summed E-state index contributed by atoms with van der Waals surface area (Å²) in [4.78, 5) is 18.1. The van der Waals surface area contributed by atoms with Gasteiger partial charge in [0.05, 0.1) is 5.60 Å². The molecule has 4 nitrogen and oxygen atoms in total. The van der Waals surface area contributed by atoms with Crippen molar-refractivity contribution in [2.45, 2.75) is 57.7 Å². The van der Waals surface area contributed by atoms with E-state index in [9.17, 15) is 23.1 Å². The van der Waals surface area contributed by atoms with Crippen LogP contribution in [0.15, 0.2) is 12.1 Å². The topological polar surface area (TPSA) is 53.4 Å². The molecule has 0 atom stereocenters. The molecule has 0 aromatic carbocycles. The third-order valence-corrected chi connectivity index (χ3v) is 6.45. The first kappa shape index (κ1) is 18.7. The van der Waals surface area contributed by atoms with Gasteiger partial charge in [0, 0.05) is 30.1 Å². The van der Waals surface area contributed by atoms with E-state index in [-0.39, 0.29) is 22.8 Å². The second-order valence-electron chi connectivity index (χ2n) is 9.24. The molecule has 1 saturated heterocycles. The molecule has 0 unspecified atom stereocenters. The van der Waals surface area contributed by atoms with Crippen molar-refractivity contribution in [1.29, 1.82) is 0 Å². The number of rotatable bonds is 3. The lowest BCUT2D eigenvalue weighted by Crippen LogP contribution is -2.66. The van der Waals surface area contributed by atoms with E-state index in [0.29, 0.717) is 30.9 Å². The largest absolute Gasteiger partial charge is 0.433 e. The molecule has 1 aromatic heterocycles. The standard InChI is InChI=1S/C20H25F3N2O2/c1-12-3-4-15(24-16(12)20(21,22)23)5-13-6-19(7-13)10-25(11-19)17(26)14-8-18(2,27)9-14/h3-4,13-14,27H,5-11H2,1-2H3/t14-,18+. The number of hydrogen-bond donors (Lipinski definition) is 1. The first-order valence-corrected chi connectivity index (χ1v) is 9.51. The summed E-state index contributed by atoms with van der Waals surface area (Å²) in [5.41, 5.74) is -0.674. The lowest BCUT2D eigenvalue weighted by molar-refractivity contribution is -0.171. The van der Waals surface area contributed by atoms with Crippen LogP contribution in [0.25, 0.3) is 0 Å². The van der Waals surface area contributed by atoms with Crippen LogP contribution in [0, 0.1) is 24.2 Å². The summed E-state index contributed by atoms with van der Waals surface area (Å²) >= 11 is 0. The summed E-state index contributed by atoms with van der Waals surface area (Å²) in [5, 5.41) is 9.78. The van der Waals surface area contributed by atoms with Crippen molar-refractivity contribution in [3.63, 3.8) is 0 Å². The first-order chi connectivity index (χ1) is 12.5. The molecule has 3 aliphatic rings. The lowest BCUT2D eigenvalue weighted by atomic mass is 9.56. The fourth-order valence-electron chi connectivity index (χ4n) is 5.19. The molecule has 0 bridgehead atoms. The van der Waals surface area contributed by atoms with Gasteiger partial charge in [-0.05, 0) is 63.5 Å². The number of alkyl halides is 3. The molecule has 1 spiro atoms. The third kappa shape index (κ3) is 3.46. The minimum atomic E-state index is -4.41. The van der Waals surface area contributed by atoms with Crippen molar-refractivity contribution in [1.82, 2.24) is 9.88 Å². The number of carbonyl (C=O) groups excluding carboxylic acids is 1. The predicted molar refractivity (Wildman–Crippen MR) is 92.8 cm³/mol. The second kappa shape index (κ2) is 5.93. The van der Waals surface area contributed by atoms with Crippen LogP contribution in [-0.2, 0) is 17.4 Å². The number of aliphatic hydroxyl groups is 1.